The van der Waals surface area contributed by atoms with Crippen molar-refractivity contribution >= 4 is 57.1 Å². The first kappa shape index (κ1) is 22.4. The zero-order valence-electron chi connectivity index (χ0n) is 16.8. The molecule has 0 aliphatic carbocycles. The Bertz CT molecular complexity index is 1260. The summed E-state index contributed by atoms with van der Waals surface area (Å²) in [5.74, 6) is 0.597. The van der Waals surface area contributed by atoms with Gasteiger partial charge in [-0.1, -0.05) is 69.5 Å². The van der Waals surface area contributed by atoms with Crippen molar-refractivity contribution in [3.05, 3.63) is 97.6 Å². The van der Waals surface area contributed by atoms with E-state index in [9.17, 15) is 4.79 Å². The SMILES string of the molecule is COc1cccc(/C=C2\N=C(c3ccc(Cl)c(Cl)c3)OC2=O)c1OCc1ccccc1Br. The summed E-state index contributed by atoms with van der Waals surface area (Å²) in [6, 6.07) is 18.1. The summed E-state index contributed by atoms with van der Waals surface area (Å²) in [6.07, 6.45) is 1.60. The van der Waals surface area contributed by atoms with E-state index in [1.807, 2.05) is 30.3 Å². The van der Waals surface area contributed by atoms with E-state index in [-0.39, 0.29) is 11.6 Å². The predicted octanol–water partition coefficient (Wildman–Crippen LogP) is 6.69. The lowest BCUT2D eigenvalue weighted by atomic mass is 10.1. The Morgan fingerprint density at radius 1 is 1.06 bits per heavy atom. The molecular formula is C24H16BrCl2NO4. The minimum Gasteiger partial charge on any atom is -0.493 e. The minimum atomic E-state index is -0.578. The van der Waals surface area contributed by atoms with E-state index < -0.39 is 5.97 Å². The maximum Gasteiger partial charge on any atom is 0.363 e. The first-order valence-corrected chi connectivity index (χ1v) is 11.0. The number of para-hydroxylation sites is 1. The predicted molar refractivity (Wildman–Crippen MR) is 129 cm³/mol. The first-order valence-electron chi connectivity index (χ1n) is 9.47. The molecule has 1 aliphatic heterocycles. The summed E-state index contributed by atoms with van der Waals surface area (Å²) in [4.78, 5) is 16.8. The van der Waals surface area contributed by atoms with Crippen LogP contribution in [0.3, 0.4) is 0 Å². The Balaban J connectivity index is 1.67. The average molecular weight is 533 g/mol. The van der Waals surface area contributed by atoms with Gasteiger partial charge < -0.3 is 14.2 Å². The lowest BCUT2D eigenvalue weighted by molar-refractivity contribution is -0.129. The number of rotatable bonds is 6. The lowest BCUT2D eigenvalue weighted by Crippen LogP contribution is -2.05. The molecule has 4 rings (SSSR count). The fraction of sp³-hybridized carbons (Fsp3) is 0.0833. The first-order chi connectivity index (χ1) is 15.5. The summed E-state index contributed by atoms with van der Waals surface area (Å²) in [6.45, 7) is 0.306. The highest BCUT2D eigenvalue weighted by Crippen LogP contribution is 2.35. The van der Waals surface area contributed by atoms with Gasteiger partial charge in [-0.2, -0.15) is 0 Å². The second kappa shape index (κ2) is 9.77. The molecule has 162 valence electrons. The maximum absolute atomic E-state index is 12.5. The molecule has 3 aromatic carbocycles. The molecule has 3 aromatic rings. The van der Waals surface area contributed by atoms with E-state index in [0.717, 1.165) is 10.0 Å². The third-order valence-electron chi connectivity index (χ3n) is 4.64. The van der Waals surface area contributed by atoms with Crippen molar-refractivity contribution in [1.29, 1.82) is 0 Å². The summed E-state index contributed by atoms with van der Waals surface area (Å²) >= 11 is 15.6. The van der Waals surface area contributed by atoms with Gasteiger partial charge in [0.15, 0.2) is 17.2 Å². The molecule has 0 unspecified atom stereocenters. The number of hydrogen-bond donors (Lipinski definition) is 0. The number of ether oxygens (including phenoxy) is 3. The lowest BCUT2D eigenvalue weighted by Gasteiger charge is -2.14. The van der Waals surface area contributed by atoms with Crippen LogP contribution in [0.1, 0.15) is 16.7 Å². The fourth-order valence-electron chi connectivity index (χ4n) is 3.04. The molecule has 32 heavy (non-hydrogen) atoms. The van der Waals surface area contributed by atoms with Crippen LogP contribution >= 0.6 is 39.1 Å². The van der Waals surface area contributed by atoms with Crippen molar-refractivity contribution < 1.29 is 19.0 Å². The number of cyclic esters (lactones) is 1. The third-order valence-corrected chi connectivity index (χ3v) is 6.15. The molecule has 0 aromatic heterocycles. The van der Waals surface area contributed by atoms with Crippen molar-refractivity contribution in [2.45, 2.75) is 6.61 Å². The summed E-state index contributed by atoms with van der Waals surface area (Å²) in [5, 5.41) is 0.746. The number of hydrogen-bond acceptors (Lipinski definition) is 5. The van der Waals surface area contributed by atoms with Crippen LogP contribution in [0.4, 0.5) is 0 Å². The van der Waals surface area contributed by atoms with Crippen LogP contribution < -0.4 is 9.47 Å². The molecule has 0 fully saturated rings. The molecule has 0 amide bonds. The van der Waals surface area contributed by atoms with Crippen molar-refractivity contribution in [2.24, 2.45) is 4.99 Å². The van der Waals surface area contributed by atoms with Gasteiger partial charge in [-0.05, 0) is 36.4 Å². The van der Waals surface area contributed by atoms with E-state index in [2.05, 4.69) is 20.9 Å². The van der Waals surface area contributed by atoms with Crippen LogP contribution in [0.5, 0.6) is 11.5 Å². The topological polar surface area (TPSA) is 57.1 Å². The monoisotopic (exact) mass is 531 g/mol. The van der Waals surface area contributed by atoms with E-state index in [0.29, 0.717) is 39.3 Å². The van der Waals surface area contributed by atoms with Gasteiger partial charge in [0.05, 0.1) is 17.2 Å². The van der Waals surface area contributed by atoms with E-state index in [1.165, 1.54) is 0 Å². The Morgan fingerprint density at radius 3 is 2.62 bits per heavy atom. The van der Waals surface area contributed by atoms with Crippen LogP contribution in [0.25, 0.3) is 6.08 Å². The van der Waals surface area contributed by atoms with Crippen molar-refractivity contribution in [2.75, 3.05) is 7.11 Å². The maximum atomic E-state index is 12.5. The van der Waals surface area contributed by atoms with E-state index in [1.54, 1.807) is 43.5 Å². The molecule has 0 bridgehead atoms. The smallest absolute Gasteiger partial charge is 0.363 e. The van der Waals surface area contributed by atoms with Crippen LogP contribution in [-0.2, 0) is 16.1 Å². The zero-order chi connectivity index (χ0) is 22.7. The Morgan fingerprint density at radius 2 is 1.88 bits per heavy atom. The van der Waals surface area contributed by atoms with Gasteiger partial charge in [-0.25, -0.2) is 9.79 Å². The van der Waals surface area contributed by atoms with Crippen molar-refractivity contribution in [3.8, 4) is 11.5 Å². The number of esters is 1. The van der Waals surface area contributed by atoms with Gasteiger partial charge >= 0.3 is 5.97 Å². The average Bonchev–Trinajstić information content (AvgIpc) is 3.15. The standard InChI is InChI=1S/C24H16BrCl2NO4/c1-30-21-8-4-6-14(22(21)31-13-16-5-2-3-7-17(16)25)12-20-24(29)32-23(28-20)15-9-10-18(26)19(27)11-15/h2-12H,13H2,1H3/b20-12-. The molecule has 0 N–H and O–H groups in total. The second-order valence-corrected chi connectivity index (χ2v) is 8.39. The number of carbonyl (C=O) groups excluding carboxylic acids is 1. The van der Waals surface area contributed by atoms with Gasteiger partial charge in [-0.15, -0.1) is 0 Å². The van der Waals surface area contributed by atoms with Crippen molar-refractivity contribution in [1.82, 2.24) is 0 Å². The molecule has 0 saturated carbocycles. The van der Waals surface area contributed by atoms with Gasteiger partial charge in [0.25, 0.3) is 0 Å². The number of nitrogens with zero attached hydrogens (tertiary/aromatic N) is 1. The molecule has 1 aliphatic rings. The highest BCUT2D eigenvalue weighted by atomic mass is 79.9. The molecule has 0 atom stereocenters. The quantitative estimate of drug-likeness (QED) is 0.262. The normalized spacial score (nSPS) is 14.3. The molecule has 0 spiro atoms. The number of aliphatic imine (C=N–C) groups is 1. The third kappa shape index (κ3) is 4.83. The number of benzene rings is 3. The molecule has 8 heteroatoms. The Hall–Kier alpha value is -2.80. The van der Waals surface area contributed by atoms with Crippen LogP contribution in [0, 0.1) is 0 Å². The fourth-order valence-corrected chi connectivity index (χ4v) is 3.73. The minimum absolute atomic E-state index is 0.130. The highest BCUT2D eigenvalue weighted by Gasteiger charge is 2.25. The largest absolute Gasteiger partial charge is 0.493 e. The molecular weight excluding hydrogens is 517 g/mol. The molecule has 0 radical (unpaired) electrons. The molecule has 5 nitrogen and oxygen atoms in total. The molecule has 1 heterocycles. The van der Waals surface area contributed by atoms with E-state index >= 15 is 0 Å². The number of methoxy groups -OCH3 is 1. The number of halogens is 3. The Kier molecular flexibility index (Phi) is 6.84. The van der Waals surface area contributed by atoms with E-state index in [4.69, 9.17) is 37.4 Å². The second-order valence-electron chi connectivity index (χ2n) is 6.72. The van der Waals surface area contributed by atoms with Crippen LogP contribution in [0.2, 0.25) is 10.0 Å². The summed E-state index contributed by atoms with van der Waals surface area (Å²) < 4.78 is 17.8. The van der Waals surface area contributed by atoms with Gasteiger partial charge in [0.2, 0.25) is 5.90 Å². The van der Waals surface area contributed by atoms with Crippen LogP contribution in [0.15, 0.2) is 75.8 Å². The van der Waals surface area contributed by atoms with Gasteiger partial charge in [-0.3, -0.25) is 0 Å². The Labute approximate surface area is 203 Å². The summed E-state index contributed by atoms with van der Waals surface area (Å²) in [7, 11) is 1.56. The number of carbonyl (C=O) groups is 1. The van der Waals surface area contributed by atoms with Crippen molar-refractivity contribution in [3.63, 3.8) is 0 Å². The van der Waals surface area contributed by atoms with Gasteiger partial charge in [0, 0.05) is 21.2 Å². The van der Waals surface area contributed by atoms with Crippen LogP contribution in [-0.4, -0.2) is 19.0 Å². The van der Waals surface area contributed by atoms with Gasteiger partial charge in [0.1, 0.15) is 6.61 Å². The highest BCUT2D eigenvalue weighted by molar-refractivity contribution is 9.10. The zero-order valence-corrected chi connectivity index (χ0v) is 19.9. The summed E-state index contributed by atoms with van der Waals surface area (Å²) in [5.41, 5.74) is 2.27. The molecule has 0 saturated heterocycles.